The molecule has 1 atom stereocenters. The molecular formula is C17H16FN3O4. The largest absolute Gasteiger partial charge is 0.467 e. The molecule has 0 saturated carbocycles. The van der Waals surface area contributed by atoms with Crippen molar-refractivity contribution >= 4 is 17.7 Å². The maximum Gasteiger partial charge on any atom is 0.272 e. The van der Waals surface area contributed by atoms with Crippen molar-refractivity contribution in [2.75, 3.05) is 6.54 Å². The number of amides is 3. The van der Waals surface area contributed by atoms with E-state index >= 15 is 0 Å². The number of rotatable bonds is 4. The highest BCUT2D eigenvalue weighted by Gasteiger charge is 2.34. The van der Waals surface area contributed by atoms with Crippen molar-refractivity contribution in [3.63, 3.8) is 0 Å². The molecule has 1 aromatic heterocycles. The molecule has 2 heterocycles. The van der Waals surface area contributed by atoms with E-state index in [2.05, 4.69) is 10.9 Å². The first-order valence-electron chi connectivity index (χ1n) is 7.69. The zero-order chi connectivity index (χ0) is 17.8. The highest BCUT2D eigenvalue weighted by atomic mass is 19.1. The molecule has 2 N–H and O–H groups in total. The normalized spacial score (nSPS) is 16.8. The molecule has 1 aliphatic heterocycles. The van der Waals surface area contributed by atoms with Crippen LogP contribution in [0.4, 0.5) is 4.39 Å². The summed E-state index contributed by atoms with van der Waals surface area (Å²) in [6.45, 7) is 0.512. The average Bonchev–Trinajstić information content (AvgIpc) is 3.23. The van der Waals surface area contributed by atoms with Crippen molar-refractivity contribution < 1.29 is 23.2 Å². The molecule has 8 heteroatoms. The number of hydrazine groups is 1. The predicted octanol–water partition coefficient (Wildman–Crippen LogP) is 1.23. The summed E-state index contributed by atoms with van der Waals surface area (Å²) >= 11 is 0. The van der Waals surface area contributed by atoms with E-state index in [4.69, 9.17) is 4.42 Å². The molecule has 1 aliphatic rings. The number of hydrogen-bond donors (Lipinski definition) is 2. The zero-order valence-electron chi connectivity index (χ0n) is 13.2. The fourth-order valence-electron chi connectivity index (χ4n) is 2.62. The van der Waals surface area contributed by atoms with Gasteiger partial charge in [0.25, 0.3) is 5.91 Å². The number of nitrogens with one attached hydrogen (secondary N) is 2. The molecule has 3 rings (SSSR count). The Labute approximate surface area is 142 Å². The standard InChI is InChI=1S/C17H16FN3O4/c18-14-6-2-1-5-13(14)17(24)20-19-16(23)11-8-15(22)21(9-11)10-12-4-3-7-25-12/h1-7,11H,8-10H2,(H,19,23)(H,20,24). The first-order chi connectivity index (χ1) is 12.0. The van der Waals surface area contributed by atoms with Crippen LogP contribution >= 0.6 is 0 Å². The second-order valence-corrected chi connectivity index (χ2v) is 5.68. The molecule has 0 aliphatic carbocycles. The van der Waals surface area contributed by atoms with Crippen LogP contribution in [0.25, 0.3) is 0 Å². The van der Waals surface area contributed by atoms with Gasteiger partial charge in [-0.2, -0.15) is 0 Å². The average molecular weight is 345 g/mol. The third-order valence-corrected chi connectivity index (χ3v) is 3.93. The smallest absolute Gasteiger partial charge is 0.272 e. The fraction of sp³-hybridized carbons (Fsp3) is 0.235. The number of hydrogen-bond acceptors (Lipinski definition) is 4. The Bertz CT molecular complexity index is 791. The van der Waals surface area contributed by atoms with Gasteiger partial charge < -0.3 is 9.32 Å². The van der Waals surface area contributed by atoms with Gasteiger partial charge in [-0.25, -0.2) is 4.39 Å². The molecule has 7 nitrogen and oxygen atoms in total. The number of carbonyl (C=O) groups is 3. The second kappa shape index (κ2) is 7.16. The third kappa shape index (κ3) is 3.85. The minimum absolute atomic E-state index is 0.0438. The van der Waals surface area contributed by atoms with Crippen LogP contribution in [0.3, 0.4) is 0 Å². The lowest BCUT2D eigenvalue weighted by atomic mass is 10.1. The highest BCUT2D eigenvalue weighted by molar-refractivity contribution is 5.96. The van der Waals surface area contributed by atoms with Gasteiger partial charge in [0.1, 0.15) is 11.6 Å². The molecule has 1 fully saturated rings. The maximum atomic E-state index is 13.5. The van der Waals surface area contributed by atoms with Gasteiger partial charge in [-0.3, -0.25) is 25.2 Å². The SMILES string of the molecule is O=C(NNC(=O)C1CC(=O)N(Cc2ccco2)C1)c1ccccc1F. The minimum Gasteiger partial charge on any atom is -0.467 e. The van der Waals surface area contributed by atoms with Crippen molar-refractivity contribution in [1.82, 2.24) is 15.8 Å². The van der Waals surface area contributed by atoms with E-state index in [9.17, 15) is 18.8 Å². The topological polar surface area (TPSA) is 91.7 Å². The fourth-order valence-corrected chi connectivity index (χ4v) is 2.62. The number of carbonyl (C=O) groups excluding carboxylic acids is 3. The first kappa shape index (κ1) is 16.7. The van der Waals surface area contributed by atoms with E-state index in [1.807, 2.05) is 0 Å². The highest BCUT2D eigenvalue weighted by Crippen LogP contribution is 2.20. The predicted molar refractivity (Wildman–Crippen MR) is 84.2 cm³/mol. The van der Waals surface area contributed by atoms with E-state index in [0.717, 1.165) is 6.07 Å². The summed E-state index contributed by atoms with van der Waals surface area (Å²) < 4.78 is 18.7. The molecule has 3 amide bonds. The van der Waals surface area contributed by atoms with Crippen molar-refractivity contribution in [3.05, 3.63) is 59.8 Å². The van der Waals surface area contributed by atoms with E-state index in [1.54, 1.807) is 12.1 Å². The molecule has 1 unspecified atom stereocenters. The number of likely N-dealkylation sites (tertiary alicyclic amines) is 1. The summed E-state index contributed by atoms with van der Waals surface area (Å²) in [5.41, 5.74) is 4.23. The van der Waals surface area contributed by atoms with Gasteiger partial charge in [0.15, 0.2) is 0 Å². The number of furan rings is 1. The van der Waals surface area contributed by atoms with Gasteiger partial charge in [0.2, 0.25) is 11.8 Å². The lowest BCUT2D eigenvalue weighted by Gasteiger charge is -2.15. The van der Waals surface area contributed by atoms with Gasteiger partial charge in [-0.1, -0.05) is 12.1 Å². The lowest BCUT2D eigenvalue weighted by molar-refractivity contribution is -0.129. The molecule has 2 aromatic rings. The van der Waals surface area contributed by atoms with Crippen molar-refractivity contribution in [1.29, 1.82) is 0 Å². The molecular weight excluding hydrogens is 329 g/mol. The summed E-state index contributed by atoms with van der Waals surface area (Å²) in [6, 6.07) is 8.90. The summed E-state index contributed by atoms with van der Waals surface area (Å²) in [5, 5.41) is 0. The monoisotopic (exact) mass is 345 g/mol. The summed E-state index contributed by atoms with van der Waals surface area (Å²) in [6.07, 6.45) is 1.56. The Kier molecular flexibility index (Phi) is 4.78. The van der Waals surface area contributed by atoms with Crippen molar-refractivity contribution in [2.45, 2.75) is 13.0 Å². The summed E-state index contributed by atoms with van der Waals surface area (Å²) in [5.74, 6) is -2.08. The van der Waals surface area contributed by atoms with Crippen LogP contribution in [0, 0.1) is 11.7 Å². The van der Waals surface area contributed by atoms with Crippen LogP contribution in [-0.4, -0.2) is 29.2 Å². The molecule has 0 radical (unpaired) electrons. The van der Waals surface area contributed by atoms with Gasteiger partial charge >= 0.3 is 0 Å². The van der Waals surface area contributed by atoms with Crippen LogP contribution in [0.15, 0.2) is 47.1 Å². The minimum atomic E-state index is -0.761. The van der Waals surface area contributed by atoms with E-state index in [1.165, 1.54) is 29.4 Å². The van der Waals surface area contributed by atoms with Crippen LogP contribution in [0.5, 0.6) is 0 Å². The maximum absolute atomic E-state index is 13.5. The lowest BCUT2D eigenvalue weighted by Crippen LogP contribution is -2.45. The molecule has 1 saturated heterocycles. The van der Waals surface area contributed by atoms with Gasteiger partial charge in [-0.15, -0.1) is 0 Å². The van der Waals surface area contributed by atoms with Crippen LogP contribution in [0.2, 0.25) is 0 Å². The number of benzene rings is 1. The molecule has 25 heavy (non-hydrogen) atoms. The van der Waals surface area contributed by atoms with Gasteiger partial charge in [0.05, 0.1) is 24.3 Å². The Balaban J connectivity index is 1.53. The molecule has 130 valence electrons. The van der Waals surface area contributed by atoms with Crippen molar-refractivity contribution in [2.24, 2.45) is 5.92 Å². The second-order valence-electron chi connectivity index (χ2n) is 5.68. The van der Waals surface area contributed by atoms with Gasteiger partial charge in [-0.05, 0) is 24.3 Å². The molecule has 1 aromatic carbocycles. The first-order valence-corrected chi connectivity index (χ1v) is 7.69. The van der Waals surface area contributed by atoms with Gasteiger partial charge in [0, 0.05) is 13.0 Å². The van der Waals surface area contributed by atoms with Crippen LogP contribution < -0.4 is 10.9 Å². The summed E-state index contributed by atoms with van der Waals surface area (Å²) in [4.78, 5) is 37.5. The molecule has 0 bridgehead atoms. The van der Waals surface area contributed by atoms with Crippen LogP contribution in [0.1, 0.15) is 22.5 Å². The summed E-state index contributed by atoms with van der Waals surface area (Å²) in [7, 11) is 0. The van der Waals surface area contributed by atoms with Crippen molar-refractivity contribution in [3.8, 4) is 0 Å². The van der Waals surface area contributed by atoms with Crippen LogP contribution in [-0.2, 0) is 16.1 Å². The van der Waals surface area contributed by atoms with E-state index < -0.39 is 23.5 Å². The molecule has 0 spiro atoms. The Morgan fingerprint density at radius 1 is 1.20 bits per heavy atom. The Hall–Kier alpha value is -3.16. The Morgan fingerprint density at radius 2 is 2.00 bits per heavy atom. The zero-order valence-corrected chi connectivity index (χ0v) is 13.2. The van der Waals surface area contributed by atoms with E-state index in [-0.39, 0.29) is 31.0 Å². The quantitative estimate of drug-likeness (QED) is 0.816. The third-order valence-electron chi connectivity index (χ3n) is 3.93. The number of halogens is 1. The number of nitrogens with zero attached hydrogens (tertiary/aromatic N) is 1. The van der Waals surface area contributed by atoms with E-state index in [0.29, 0.717) is 5.76 Å². The Morgan fingerprint density at radius 3 is 2.72 bits per heavy atom.